The van der Waals surface area contributed by atoms with Crippen LogP contribution in [0.3, 0.4) is 0 Å². The molecule has 0 spiro atoms. The highest BCUT2D eigenvalue weighted by atomic mass is 19.1. The Bertz CT molecular complexity index is 1240. The summed E-state index contributed by atoms with van der Waals surface area (Å²) in [5.74, 6) is -0.477. The maximum Gasteiger partial charge on any atom is 0.230 e. The number of carbonyl (C=O) groups excluding carboxylic acids is 1. The second kappa shape index (κ2) is 7.33. The number of nitrogens with one attached hydrogen (secondary N) is 1. The molecule has 1 aliphatic heterocycles. The van der Waals surface area contributed by atoms with Gasteiger partial charge in [-0.3, -0.25) is 9.89 Å². The Morgan fingerprint density at radius 3 is 2.97 bits per heavy atom. The highest BCUT2D eigenvalue weighted by molar-refractivity contribution is 5.94. The predicted octanol–water partition coefficient (Wildman–Crippen LogP) is 4.19. The topological polar surface area (TPSA) is 87.9 Å². The van der Waals surface area contributed by atoms with Crippen molar-refractivity contribution in [3.05, 3.63) is 60.1 Å². The Hall–Kier alpha value is -3.62. The third-order valence-corrected chi connectivity index (χ3v) is 5.37. The second-order valence-corrected chi connectivity index (χ2v) is 7.28. The molecule has 2 aromatic heterocycles. The van der Waals surface area contributed by atoms with Crippen molar-refractivity contribution in [2.24, 2.45) is 0 Å². The van der Waals surface area contributed by atoms with Crippen molar-refractivity contribution in [1.82, 2.24) is 20.3 Å². The van der Waals surface area contributed by atoms with Gasteiger partial charge in [0.15, 0.2) is 0 Å². The lowest BCUT2D eigenvalue weighted by Crippen LogP contribution is -2.30. The Kier molecular flexibility index (Phi) is 4.50. The smallest absolute Gasteiger partial charge is 0.230 e. The van der Waals surface area contributed by atoms with Crippen LogP contribution in [0.4, 0.5) is 14.5 Å². The van der Waals surface area contributed by atoms with Crippen LogP contribution < -0.4 is 4.90 Å². The van der Waals surface area contributed by atoms with Gasteiger partial charge in [-0.1, -0.05) is 11.2 Å². The van der Waals surface area contributed by atoms with Crippen molar-refractivity contribution in [2.75, 3.05) is 11.4 Å². The number of rotatable bonds is 3. The van der Waals surface area contributed by atoms with E-state index in [2.05, 4.69) is 20.3 Å². The number of hydrogen-bond acceptors (Lipinski definition) is 5. The lowest BCUT2D eigenvalue weighted by molar-refractivity contribution is -0.118. The number of hydrogen-bond donors (Lipinski definition) is 1. The van der Waals surface area contributed by atoms with E-state index in [0.29, 0.717) is 53.3 Å². The number of benzene rings is 2. The summed E-state index contributed by atoms with van der Waals surface area (Å²) < 4.78 is 32.9. The summed E-state index contributed by atoms with van der Waals surface area (Å²) in [6.45, 7) is 0.493. The molecule has 9 heteroatoms. The fraction of sp³-hybridized carbons (Fsp3) is 0.238. The van der Waals surface area contributed by atoms with Crippen molar-refractivity contribution < 1.29 is 18.1 Å². The fourth-order valence-corrected chi connectivity index (χ4v) is 3.87. The maximum atomic E-state index is 13.9. The van der Waals surface area contributed by atoms with Crippen molar-refractivity contribution in [3.8, 4) is 11.4 Å². The lowest BCUT2D eigenvalue weighted by atomic mass is 10.0. The standard InChI is InChI=1S/C21H17F2N5O2/c22-13-4-1-5-14(10-13)28-8-2-3-12(9-18(28)29)21-25-20(27-30-21)15-6-7-17(23)16-11-24-26-19(15)16/h1,4-7,10-12H,2-3,8-9H2,(H,24,26). The molecule has 1 atom stereocenters. The zero-order chi connectivity index (χ0) is 20.7. The van der Waals surface area contributed by atoms with Gasteiger partial charge in [0.2, 0.25) is 17.6 Å². The van der Waals surface area contributed by atoms with Crippen molar-refractivity contribution in [2.45, 2.75) is 25.2 Å². The molecule has 1 fully saturated rings. The van der Waals surface area contributed by atoms with E-state index in [1.54, 1.807) is 23.1 Å². The number of halogens is 2. The number of fused-ring (bicyclic) bond motifs is 1. The van der Waals surface area contributed by atoms with Gasteiger partial charge in [-0.25, -0.2) is 8.78 Å². The van der Waals surface area contributed by atoms with E-state index < -0.39 is 5.82 Å². The summed E-state index contributed by atoms with van der Waals surface area (Å²) in [4.78, 5) is 18.9. The van der Waals surface area contributed by atoms with Gasteiger partial charge < -0.3 is 9.42 Å². The first kappa shape index (κ1) is 18.4. The zero-order valence-corrected chi connectivity index (χ0v) is 15.8. The molecule has 1 amide bonds. The van der Waals surface area contributed by atoms with Crippen LogP contribution in [0.25, 0.3) is 22.3 Å². The molecule has 1 aliphatic rings. The first-order chi connectivity index (χ1) is 14.6. The Labute approximate surface area is 169 Å². The van der Waals surface area contributed by atoms with E-state index >= 15 is 0 Å². The first-order valence-electron chi connectivity index (χ1n) is 9.61. The number of H-pyrrole nitrogens is 1. The van der Waals surface area contributed by atoms with Gasteiger partial charge in [-0.2, -0.15) is 10.1 Å². The summed E-state index contributed by atoms with van der Waals surface area (Å²) in [6.07, 6.45) is 2.98. The van der Waals surface area contributed by atoms with E-state index in [1.165, 1.54) is 24.4 Å². The molecule has 1 saturated heterocycles. The average Bonchev–Trinajstić information content (AvgIpc) is 3.37. The minimum Gasteiger partial charge on any atom is -0.339 e. The van der Waals surface area contributed by atoms with Gasteiger partial charge in [0.1, 0.15) is 11.6 Å². The molecular weight excluding hydrogens is 392 g/mol. The maximum absolute atomic E-state index is 13.9. The largest absolute Gasteiger partial charge is 0.339 e. The van der Waals surface area contributed by atoms with Gasteiger partial charge in [0.25, 0.3) is 0 Å². The third kappa shape index (κ3) is 3.22. The van der Waals surface area contributed by atoms with Crippen molar-refractivity contribution >= 4 is 22.5 Å². The highest BCUT2D eigenvalue weighted by Gasteiger charge is 2.29. The quantitative estimate of drug-likeness (QED) is 0.548. The minimum atomic E-state index is -0.391. The summed E-state index contributed by atoms with van der Waals surface area (Å²) in [7, 11) is 0. The van der Waals surface area contributed by atoms with Crippen molar-refractivity contribution in [1.29, 1.82) is 0 Å². The van der Waals surface area contributed by atoms with Gasteiger partial charge in [0.05, 0.1) is 17.1 Å². The number of nitrogens with zero attached hydrogens (tertiary/aromatic N) is 4. The lowest BCUT2D eigenvalue weighted by Gasteiger charge is -2.20. The second-order valence-electron chi connectivity index (χ2n) is 7.28. The van der Waals surface area contributed by atoms with E-state index in [9.17, 15) is 13.6 Å². The van der Waals surface area contributed by atoms with Crippen LogP contribution in [0.15, 0.2) is 47.1 Å². The summed E-state index contributed by atoms with van der Waals surface area (Å²) >= 11 is 0. The van der Waals surface area contributed by atoms with Crippen LogP contribution in [0, 0.1) is 11.6 Å². The molecule has 0 radical (unpaired) electrons. The van der Waals surface area contributed by atoms with Crippen LogP contribution in [0.2, 0.25) is 0 Å². The van der Waals surface area contributed by atoms with Crippen molar-refractivity contribution in [3.63, 3.8) is 0 Å². The Morgan fingerprint density at radius 1 is 1.20 bits per heavy atom. The SMILES string of the molecule is O=C1CC(c2nc(-c3ccc(F)c4cn[nH]c34)no2)CCCN1c1cccc(F)c1. The summed E-state index contributed by atoms with van der Waals surface area (Å²) in [6, 6.07) is 8.90. The molecule has 152 valence electrons. The van der Waals surface area contributed by atoms with Crippen LogP contribution in [0.1, 0.15) is 31.1 Å². The van der Waals surface area contributed by atoms with E-state index in [-0.39, 0.29) is 24.1 Å². The number of aromatic amines is 1. The average molecular weight is 409 g/mol. The number of amides is 1. The van der Waals surface area contributed by atoms with Crippen LogP contribution >= 0.6 is 0 Å². The summed E-state index contributed by atoms with van der Waals surface area (Å²) in [5.41, 5.74) is 1.59. The normalized spacial score (nSPS) is 17.5. The molecule has 7 nitrogen and oxygen atoms in total. The van der Waals surface area contributed by atoms with E-state index in [1.807, 2.05) is 0 Å². The van der Waals surface area contributed by atoms with Gasteiger partial charge in [-0.05, 0) is 43.2 Å². The third-order valence-electron chi connectivity index (χ3n) is 5.37. The van der Waals surface area contributed by atoms with Gasteiger partial charge >= 0.3 is 0 Å². The molecular formula is C21H17F2N5O2. The number of anilines is 1. The van der Waals surface area contributed by atoms with Crippen LogP contribution in [-0.2, 0) is 4.79 Å². The number of aromatic nitrogens is 4. The molecule has 0 saturated carbocycles. The molecule has 1 N–H and O–H groups in total. The van der Waals surface area contributed by atoms with Gasteiger partial charge in [0, 0.05) is 30.1 Å². The molecule has 0 aliphatic carbocycles. The van der Waals surface area contributed by atoms with Crippen LogP contribution in [0.5, 0.6) is 0 Å². The van der Waals surface area contributed by atoms with Gasteiger partial charge in [-0.15, -0.1) is 0 Å². The fourth-order valence-electron chi connectivity index (χ4n) is 3.87. The zero-order valence-electron chi connectivity index (χ0n) is 15.8. The van der Waals surface area contributed by atoms with E-state index in [4.69, 9.17) is 4.52 Å². The molecule has 2 aromatic carbocycles. The molecule has 0 bridgehead atoms. The molecule has 30 heavy (non-hydrogen) atoms. The van der Waals surface area contributed by atoms with Crippen LogP contribution in [-0.4, -0.2) is 32.8 Å². The minimum absolute atomic E-state index is 0.124. The first-order valence-corrected chi connectivity index (χ1v) is 9.61. The predicted molar refractivity (Wildman–Crippen MR) is 105 cm³/mol. The Balaban J connectivity index is 1.41. The molecule has 5 rings (SSSR count). The Morgan fingerprint density at radius 2 is 2.10 bits per heavy atom. The molecule has 1 unspecified atom stereocenters. The molecule has 4 aromatic rings. The monoisotopic (exact) mass is 409 g/mol. The molecule has 3 heterocycles. The number of carbonyl (C=O) groups is 1. The van der Waals surface area contributed by atoms with E-state index in [0.717, 1.165) is 0 Å². The summed E-state index contributed by atoms with van der Waals surface area (Å²) in [5, 5.41) is 11.0. The highest BCUT2D eigenvalue weighted by Crippen LogP contribution is 2.32.